The van der Waals surface area contributed by atoms with E-state index in [0.29, 0.717) is 22.7 Å². The Balaban J connectivity index is 1.92. The van der Waals surface area contributed by atoms with Crippen LogP contribution in [0.5, 0.6) is 17.2 Å². The third-order valence-electron chi connectivity index (χ3n) is 4.17. The van der Waals surface area contributed by atoms with Gasteiger partial charge in [0.15, 0.2) is 17.2 Å². The minimum Gasteiger partial charge on any atom is -0.504 e. The fourth-order valence-electron chi connectivity index (χ4n) is 2.64. The lowest BCUT2D eigenvalue weighted by Crippen LogP contribution is -2.12. The first-order chi connectivity index (χ1) is 12.2. The first-order valence-corrected chi connectivity index (χ1v) is 8.38. The van der Waals surface area contributed by atoms with Gasteiger partial charge >= 0.3 is 0 Å². The summed E-state index contributed by atoms with van der Waals surface area (Å²) in [5, 5.41) is 24.8. The number of aromatic hydroxyl groups is 1. The lowest BCUT2D eigenvalue weighted by molar-refractivity contribution is -0.385. The first kappa shape index (κ1) is 18.1. The number of halogens is 1. The number of phenols is 1. The Morgan fingerprint density at radius 3 is 2.50 bits per heavy atom. The number of benzene rings is 2. The van der Waals surface area contributed by atoms with E-state index in [9.17, 15) is 15.2 Å². The molecule has 0 spiro atoms. The van der Waals surface area contributed by atoms with Crippen LogP contribution in [0, 0.1) is 10.1 Å². The van der Waals surface area contributed by atoms with Gasteiger partial charge in [0, 0.05) is 6.54 Å². The molecule has 0 unspecified atom stereocenters. The van der Waals surface area contributed by atoms with Crippen LogP contribution >= 0.6 is 11.6 Å². The van der Waals surface area contributed by atoms with Crippen LogP contribution in [0.4, 0.5) is 11.4 Å². The molecule has 3 rings (SSSR count). The maximum absolute atomic E-state index is 11.4. The highest BCUT2D eigenvalue weighted by Gasteiger charge is 2.24. The Morgan fingerprint density at radius 2 is 1.88 bits per heavy atom. The molecule has 0 amide bonds. The molecule has 2 aromatic carbocycles. The molecular formula is C18H19ClN2O5. The van der Waals surface area contributed by atoms with Gasteiger partial charge in [-0.15, -0.1) is 0 Å². The summed E-state index contributed by atoms with van der Waals surface area (Å²) >= 11 is 6.13. The Bertz CT molecular complexity index is 877. The average Bonchev–Trinajstić information content (AvgIpc) is 3.01. The zero-order valence-electron chi connectivity index (χ0n) is 14.6. The van der Waals surface area contributed by atoms with Gasteiger partial charge in [-0.3, -0.25) is 10.1 Å². The zero-order valence-corrected chi connectivity index (χ0v) is 15.4. The van der Waals surface area contributed by atoms with Crippen molar-refractivity contribution in [2.24, 2.45) is 0 Å². The van der Waals surface area contributed by atoms with Crippen molar-refractivity contribution in [3.63, 3.8) is 0 Å². The number of nitro groups is 1. The van der Waals surface area contributed by atoms with E-state index in [1.807, 2.05) is 20.8 Å². The summed E-state index contributed by atoms with van der Waals surface area (Å²) in [5.41, 5.74) is 1.51. The Kier molecular flexibility index (Phi) is 4.58. The SMILES string of the molecule is CC(C)(C)c1cc(Cl)c(O)c(NCc2cc3c(cc2[N+](=O)[O-])OCO3)c1. The van der Waals surface area contributed by atoms with Crippen molar-refractivity contribution in [1.82, 2.24) is 0 Å². The molecule has 0 atom stereocenters. The summed E-state index contributed by atoms with van der Waals surface area (Å²) in [6.45, 7) is 6.24. The highest BCUT2D eigenvalue weighted by molar-refractivity contribution is 6.32. The Hall–Kier alpha value is -2.67. The largest absolute Gasteiger partial charge is 0.504 e. The molecule has 2 aromatic rings. The minimum atomic E-state index is -0.475. The van der Waals surface area contributed by atoms with E-state index in [1.165, 1.54) is 6.07 Å². The number of anilines is 1. The molecule has 0 fully saturated rings. The predicted molar refractivity (Wildman–Crippen MR) is 98.4 cm³/mol. The average molecular weight is 379 g/mol. The second kappa shape index (κ2) is 6.57. The fraction of sp³-hybridized carbons (Fsp3) is 0.333. The van der Waals surface area contributed by atoms with E-state index >= 15 is 0 Å². The van der Waals surface area contributed by atoms with Crippen molar-refractivity contribution in [2.45, 2.75) is 32.7 Å². The van der Waals surface area contributed by atoms with Crippen LogP contribution in [0.15, 0.2) is 24.3 Å². The predicted octanol–water partition coefficient (Wildman–Crippen LogP) is 4.59. The summed E-state index contributed by atoms with van der Waals surface area (Å²) in [6, 6.07) is 6.42. The second-order valence-electron chi connectivity index (χ2n) is 7.05. The van der Waals surface area contributed by atoms with Gasteiger partial charge in [0.25, 0.3) is 5.69 Å². The molecule has 0 saturated heterocycles. The molecule has 0 aromatic heterocycles. The third-order valence-corrected chi connectivity index (χ3v) is 4.46. The van der Waals surface area contributed by atoms with Crippen LogP contribution in [-0.2, 0) is 12.0 Å². The molecule has 0 radical (unpaired) electrons. The summed E-state index contributed by atoms with van der Waals surface area (Å²) in [7, 11) is 0. The van der Waals surface area contributed by atoms with Crippen LogP contribution in [0.3, 0.4) is 0 Å². The standard InChI is InChI=1S/C18H19ClN2O5/c1-18(2,3)11-5-12(19)17(22)13(6-11)20-8-10-4-15-16(26-9-25-15)7-14(10)21(23)24/h4-7,20,22H,8-9H2,1-3H3. The number of rotatable bonds is 4. The maximum atomic E-state index is 11.4. The molecule has 1 aliphatic rings. The lowest BCUT2D eigenvalue weighted by Gasteiger charge is -2.21. The van der Waals surface area contributed by atoms with Crippen molar-refractivity contribution >= 4 is 23.0 Å². The normalized spacial score (nSPS) is 12.9. The van der Waals surface area contributed by atoms with E-state index in [2.05, 4.69) is 5.32 Å². The Morgan fingerprint density at radius 1 is 1.23 bits per heavy atom. The van der Waals surface area contributed by atoms with Crippen LogP contribution < -0.4 is 14.8 Å². The van der Waals surface area contributed by atoms with Gasteiger partial charge in [-0.05, 0) is 29.2 Å². The van der Waals surface area contributed by atoms with Gasteiger partial charge in [-0.2, -0.15) is 0 Å². The highest BCUT2D eigenvalue weighted by atomic mass is 35.5. The molecule has 0 bridgehead atoms. The molecule has 26 heavy (non-hydrogen) atoms. The molecule has 7 nitrogen and oxygen atoms in total. The highest BCUT2D eigenvalue weighted by Crippen LogP contribution is 2.40. The second-order valence-corrected chi connectivity index (χ2v) is 7.46. The van der Waals surface area contributed by atoms with Crippen LogP contribution in [-0.4, -0.2) is 16.8 Å². The van der Waals surface area contributed by atoms with Crippen molar-refractivity contribution < 1.29 is 19.5 Å². The quantitative estimate of drug-likeness (QED) is 0.459. The van der Waals surface area contributed by atoms with Crippen molar-refractivity contribution in [3.8, 4) is 17.2 Å². The van der Waals surface area contributed by atoms with Crippen molar-refractivity contribution in [3.05, 3.63) is 50.5 Å². The Labute approximate surface area is 155 Å². The number of nitrogens with zero attached hydrogens (tertiary/aromatic N) is 1. The van der Waals surface area contributed by atoms with Gasteiger partial charge in [0.2, 0.25) is 6.79 Å². The number of fused-ring (bicyclic) bond motifs is 1. The third kappa shape index (κ3) is 3.48. The van der Waals surface area contributed by atoms with Gasteiger partial charge < -0.3 is 19.9 Å². The molecule has 0 aliphatic carbocycles. The van der Waals surface area contributed by atoms with Crippen molar-refractivity contribution in [2.75, 3.05) is 12.1 Å². The van der Waals surface area contributed by atoms with Crippen molar-refractivity contribution in [1.29, 1.82) is 0 Å². The van der Waals surface area contributed by atoms with Crippen LogP contribution in [0.2, 0.25) is 5.02 Å². The fourth-order valence-corrected chi connectivity index (χ4v) is 2.86. The van der Waals surface area contributed by atoms with E-state index in [-0.39, 0.29) is 35.2 Å². The van der Waals surface area contributed by atoms with E-state index in [1.54, 1.807) is 18.2 Å². The van der Waals surface area contributed by atoms with E-state index in [0.717, 1.165) is 5.56 Å². The van der Waals surface area contributed by atoms with Gasteiger partial charge in [0.1, 0.15) is 0 Å². The van der Waals surface area contributed by atoms with Gasteiger partial charge in [-0.1, -0.05) is 32.4 Å². The molecular weight excluding hydrogens is 360 g/mol. The molecule has 0 saturated carbocycles. The number of nitro benzene ring substituents is 1. The first-order valence-electron chi connectivity index (χ1n) is 8.00. The van der Waals surface area contributed by atoms with Crippen LogP contribution in [0.1, 0.15) is 31.9 Å². The number of hydrogen-bond acceptors (Lipinski definition) is 6. The summed E-state index contributed by atoms with van der Waals surface area (Å²) < 4.78 is 10.5. The number of nitrogens with one attached hydrogen (secondary N) is 1. The molecule has 1 aliphatic heterocycles. The molecule has 138 valence electrons. The summed E-state index contributed by atoms with van der Waals surface area (Å²) in [5.74, 6) is 0.710. The molecule has 8 heteroatoms. The smallest absolute Gasteiger partial charge is 0.278 e. The summed E-state index contributed by atoms with van der Waals surface area (Å²) in [6.07, 6.45) is 0. The maximum Gasteiger partial charge on any atom is 0.278 e. The lowest BCUT2D eigenvalue weighted by atomic mass is 9.86. The summed E-state index contributed by atoms with van der Waals surface area (Å²) in [4.78, 5) is 10.9. The van der Waals surface area contributed by atoms with Gasteiger partial charge in [0.05, 0.1) is 27.3 Å². The number of ether oxygens (including phenoxy) is 2. The monoisotopic (exact) mass is 378 g/mol. The number of phenolic OH excluding ortho intramolecular Hbond substituents is 1. The van der Waals surface area contributed by atoms with Gasteiger partial charge in [-0.25, -0.2) is 0 Å². The van der Waals surface area contributed by atoms with E-state index in [4.69, 9.17) is 21.1 Å². The molecule has 1 heterocycles. The number of hydrogen-bond donors (Lipinski definition) is 2. The topological polar surface area (TPSA) is 93.9 Å². The minimum absolute atomic E-state index is 0.0351. The molecule has 2 N–H and O–H groups in total. The zero-order chi connectivity index (χ0) is 19.1. The van der Waals surface area contributed by atoms with E-state index < -0.39 is 4.92 Å². The van der Waals surface area contributed by atoms with Crippen LogP contribution in [0.25, 0.3) is 0 Å².